The van der Waals surface area contributed by atoms with Crippen molar-refractivity contribution >= 4 is 11.5 Å². The number of nitro groups is 1. The molecular weight excluding hydrogens is 304 g/mol. The van der Waals surface area contributed by atoms with Crippen LogP contribution in [0, 0.1) is 17.0 Å². The summed E-state index contributed by atoms with van der Waals surface area (Å²) < 4.78 is 9.87. The first-order valence-electron chi connectivity index (χ1n) is 7.20. The number of aryl methyl sites for hydroxylation is 1. The van der Waals surface area contributed by atoms with E-state index in [4.69, 9.17) is 8.83 Å². The van der Waals surface area contributed by atoms with Gasteiger partial charge in [-0.1, -0.05) is 0 Å². The molecule has 0 amide bonds. The maximum absolute atomic E-state index is 11.1. The van der Waals surface area contributed by atoms with Gasteiger partial charge in [0.2, 0.25) is 0 Å². The van der Waals surface area contributed by atoms with Gasteiger partial charge >= 0.3 is 11.6 Å². The van der Waals surface area contributed by atoms with Gasteiger partial charge in [0.15, 0.2) is 12.0 Å². The molecule has 0 N–H and O–H groups in total. The molecule has 1 fully saturated rings. The van der Waals surface area contributed by atoms with E-state index >= 15 is 0 Å². The molecule has 3 rings (SSSR count). The molecule has 9 heteroatoms. The topological polar surface area (TPSA) is 106 Å². The number of aromatic nitrogens is 1. The number of hydrogen-bond donors (Lipinski definition) is 0. The summed E-state index contributed by atoms with van der Waals surface area (Å²) >= 11 is 0. The summed E-state index contributed by atoms with van der Waals surface area (Å²) in [4.78, 5) is 29.3. The number of piperazine rings is 1. The van der Waals surface area contributed by atoms with E-state index in [1.165, 1.54) is 12.3 Å². The fraction of sp³-hybridized carbons (Fsp3) is 0.429. The van der Waals surface area contributed by atoms with Gasteiger partial charge in [-0.25, -0.2) is 4.79 Å². The van der Waals surface area contributed by atoms with Gasteiger partial charge in [0.25, 0.3) is 0 Å². The third-order valence-electron chi connectivity index (χ3n) is 3.86. The van der Waals surface area contributed by atoms with Crippen molar-refractivity contribution in [3.8, 4) is 0 Å². The molecule has 0 atom stereocenters. The standard InChI is InChI=1S/C14H16N4O5/c1-10-12(23-14(19)22-10)9-16-4-6-17(7-5-16)11-2-3-13(15-8-11)18(20)21/h2-3,8H,4-7,9H2,1H3. The second kappa shape index (κ2) is 6.21. The first-order valence-corrected chi connectivity index (χ1v) is 7.20. The van der Waals surface area contributed by atoms with Crippen molar-refractivity contribution in [2.24, 2.45) is 0 Å². The van der Waals surface area contributed by atoms with Crippen molar-refractivity contribution in [1.82, 2.24) is 9.88 Å². The molecule has 3 heterocycles. The Morgan fingerprint density at radius 1 is 1.26 bits per heavy atom. The van der Waals surface area contributed by atoms with E-state index in [0.717, 1.165) is 31.9 Å². The van der Waals surface area contributed by atoms with Crippen molar-refractivity contribution in [2.75, 3.05) is 31.1 Å². The lowest BCUT2D eigenvalue weighted by molar-refractivity contribution is -0.389. The Kier molecular flexibility index (Phi) is 4.11. The Morgan fingerprint density at radius 3 is 2.52 bits per heavy atom. The summed E-state index contributed by atoms with van der Waals surface area (Å²) in [5.41, 5.74) is 0.862. The van der Waals surface area contributed by atoms with Crippen LogP contribution < -0.4 is 10.7 Å². The predicted molar refractivity (Wildman–Crippen MR) is 80.4 cm³/mol. The van der Waals surface area contributed by atoms with E-state index in [1.807, 2.05) is 0 Å². The Morgan fingerprint density at radius 2 is 2.00 bits per heavy atom. The zero-order chi connectivity index (χ0) is 16.4. The first kappa shape index (κ1) is 15.2. The van der Waals surface area contributed by atoms with Crippen molar-refractivity contribution in [2.45, 2.75) is 13.5 Å². The molecule has 1 aliphatic heterocycles. The van der Waals surface area contributed by atoms with E-state index in [9.17, 15) is 14.9 Å². The first-order chi connectivity index (χ1) is 11.0. The largest absolute Gasteiger partial charge is 0.519 e. The van der Waals surface area contributed by atoms with Crippen molar-refractivity contribution < 1.29 is 13.8 Å². The molecule has 1 saturated heterocycles. The molecule has 0 bridgehead atoms. The van der Waals surface area contributed by atoms with Crippen LogP contribution in [0.4, 0.5) is 11.5 Å². The Hall–Kier alpha value is -2.68. The normalized spacial score (nSPS) is 15.8. The van der Waals surface area contributed by atoms with Gasteiger partial charge in [-0.2, -0.15) is 0 Å². The van der Waals surface area contributed by atoms with Gasteiger partial charge in [-0.05, 0) is 22.9 Å². The summed E-state index contributed by atoms with van der Waals surface area (Å²) in [6.07, 6.45) is 1.52. The van der Waals surface area contributed by atoms with Gasteiger partial charge in [-0.3, -0.25) is 4.90 Å². The van der Waals surface area contributed by atoms with Crippen molar-refractivity contribution in [3.05, 3.63) is 50.6 Å². The SMILES string of the molecule is Cc1oc(=O)oc1CN1CCN(c2ccc([N+](=O)[O-])nc2)CC1. The van der Waals surface area contributed by atoms with Gasteiger partial charge in [0.1, 0.15) is 5.76 Å². The molecule has 0 saturated carbocycles. The number of anilines is 1. The minimum Gasteiger partial charge on any atom is -0.396 e. The molecule has 2 aromatic rings. The number of hydrogen-bond acceptors (Lipinski definition) is 8. The van der Waals surface area contributed by atoms with E-state index in [-0.39, 0.29) is 5.82 Å². The van der Waals surface area contributed by atoms with Gasteiger partial charge in [0.05, 0.1) is 12.2 Å². The van der Waals surface area contributed by atoms with Crippen LogP contribution in [-0.2, 0) is 6.54 Å². The zero-order valence-corrected chi connectivity index (χ0v) is 12.6. The Balaban J connectivity index is 1.58. The van der Waals surface area contributed by atoms with Crippen LogP contribution in [0.3, 0.4) is 0 Å². The average Bonchev–Trinajstić information content (AvgIpc) is 2.86. The maximum atomic E-state index is 11.1. The quantitative estimate of drug-likeness (QED) is 0.610. The highest BCUT2D eigenvalue weighted by Crippen LogP contribution is 2.19. The van der Waals surface area contributed by atoms with Gasteiger partial charge < -0.3 is 23.8 Å². The van der Waals surface area contributed by atoms with Crippen molar-refractivity contribution in [3.63, 3.8) is 0 Å². The van der Waals surface area contributed by atoms with Crippen LogP contribution in [0.5, 0.6) is 0 Å². The van der Waals surface area contributed by atoms with Gasteiger partial charge in [0, 0.05) is 32.2 Å². The van der Waals surface area contributed by atoms with Crippen molar-refractivity contribution in [1.29, 1.82) is 0 Å². The predicted octanol–water partition coefficient (Wildman–Crippen LogP) is 1.17. The summed E-state index contributed by atoms with van der Waals surface area (Å²) in [5, 5.41) is 10.6. The van der Waals surface area contributed by atoms with E-state index in [0.29, 0.717) is 18.1 Å². The van der Waals surface area contributed by atoms with Crippen LogP contribution in [0.2, 0.25) is 0 Å². The highest BCUT2D eigenvalue weighted by molar-refractivity contribution is 5.46. The highest BCUT2D eigenvalue weighted by Gasteiger charge is 2.21. The van der Waals surface area contributed by atoms with Crippen LogP contribution in [-0.4, -0.2) is 41.0 Å². The minimum absolute atomic E-state index is 0.155. The third-order valence-corrected chi connectivity index (χ3v) is 3.86. The molecule has 9 nitrogen and oxygen atoms in total. The fourth-order valence-corrected chi connectivity index (χ4v) is 2.56. The minimum atomic E-state index is -0.673. The molecule has 23 heavy (non-hydrogen) atoms. The molecule has 0 unspecified atom stereocenters. The lowest BCUT2D eigenvalue weighted by atomic mass is 10.2. The molecule has 0 aromatic carbocycles. The maximum Gasteiger partial charge on any atom is 0.519 e. The third kappa shape index (κ3) is 3.39. The Bertz CT molecular complexity index is 743. The number of rotatable bonds is 4. The molecule has 0 aliphatic carbocycles. The number of pyridine rings is 1. The molecule has 2 aromatic heterocycles. The summed E-state index contributed by atoms with van der Waals surface area (Å²) in [7, 11) is 0. The van der Waals surface area contributed by atoms with Crippen LogP contribution >= 0.6 is 0 Å². The Labute approximate surface area is 131 Å². The number of nitrogens with zero attached hydrogens (tertiary/aromatic N) is 4. The van der Waals surface area contributed by atoms with E-state index in [1.54, 1.807) is 13.0 Å². The summed E-state index contributed by atoms with van der Waals surface area (Å²) in [6, 6.07) is 3.12. The highest BCUT2D eigenvalue weighted by atomic mass is 16.6. The van der Waals surface area contributed by atoms with E-state index in [2.05, 4.69) is 14.8 Å². The molecule has 122 valence electrons. The monoisotopic (exact) mass is 320 g/mol. The molecule has 0 radical (unpaired) electrons. The molecule has 0 spiro atoms. The fourth-order valence-electron chi connectivity index (χ4n) is 2.56. The lowest BCUT2D eigenvalue weighted by Gasteiger charge is -2.34. The lowest BCUT2D eigenvalue weighted by Crippen LogP contribution is -2.46. The van der Waals surface area contributed by atoms with E-state index < -0.39 is 10.7 Å². The molecular formula is C14H16N4O5. The smallest absolute Gasteiger partial charge is 0.396 e. The second-order valence-corrected chi connectivity index (χ2v) is 5.33. The van der Waals surface area contributed by atoms with Crippen LogP contribution in [0.15, 0.2) is 32.0 Å². The zero-order valence-electron chi connectivity index (χ0n) is 12.6. The van der Waals surface area contributed by atoms with Crippen LogP contribution in [0.25, 0.3) is 0 Å². The molecule has 1 aliphatic rings. The average molecular weight is 320 g/mol. The summed E-state index contributed by atoms with van der Waals surface area (Å²) in [5.74, 6) is 0.239. The summed E-state index contributed by atoms with van der Waals surface area (Å²) in [6.45, 7) is 5.33. The van der Waals surface area contributed by atoms with Gasteiger partial charge in [-0.15, -0.1) is 0 Å². The second-order valence-electron chi connectivity index (χ2n) is 5.33. The van der Waals surface area contributed by atoms with Crippen LogP contribution in [0.1, 0.15) is 11.5 Å².